The maximum Gasteiger partial charge on any atom is 0.141 e. The van der Waals surface area contributed by atoms with Crippen LogP contribution in [-0.2, 0) is 0 Å². The molecule has 1 aromatic carbocycles. The third-order valence-corrected chi connectivity index (χ3v) is 10.8. The molecular weight excluding hydrogens is 555 g/mol. The summed E-state index contributed by atoms with van der Waals surface area (Å²) in [5.74, 6) is 3.49. The van der Waals surface area contributed by atoms with E-state index in [1.54, 1.807) is 21.6 Å². The van der Waals surface area contributed by atoms with Gasteiger partial charge in [0, 0.05) is 53.7 Å². The molecule has 10 heteroatoms. The summed E-state index contributed by atoms with van der Waals surface area (Å²) in [6.45, 7) is 4.28. The van der Waals surface area contributed by atoms with Crippen molar-refractivity contribution in [2.45, 2.75) is 32.7 Å². The number of hydrogen-bond donors (Lipinski definition) is 2. The zero-order chi connectivity index (χ0) is 25.2. The van der Waals surface area contributed by atoms with Crippen LogP contribution in [0.2, 0.25) is 0 Å². The fourth-order valence-electron chi connectivity index (χ4n) is 5.33. The van der Waals surface area contributed by atoms with Gasteiger partial charge in [0.25, 0.3) is 0 Å². The van der Waals surface area contributed by atoms with E-state index >= 15 is 0 Å². The van der Waals surface area contributed by atoms with Gasteiger partial charge in [-0.2, -0.15) is 0 Å². The average Bonchev–Trinajstić information content (AvgIpc) is 3.62. The van der Waals surface area contributed by atoms with Crippen LogP contribution in [0.1, 0.15) is 12.8 Å². The van der Waals surface area contributed by atoms with Crippen LogP contribution in [0.15, 0.2) is 86.8 Å². The Morgan fingerprint density at radius 3 is 2.46 bits per heavy atom. The molecule has 0 aliphatic carbocycles. The second-order valence-electron chi connectivity index (χ2n) is 9.43. The summed E-state index contributed by atoms with van der Waals surface area (Å²) in [4.78, 5) is 21.1. The molecular formula is C27H27N5S5. The monoisotopic (exact) mass is 581 g/mol. The van der Waals surface area contributed by atoms with Crippen LogP contribution in [0.5, 0.6) is 0 Å². The number of pyridine rings is 3. The quantitative estimate of drug-likeness (QED) is 0.173. The van der Waals surface area contributed by atoms with Gasteiger partial charge in [0.1, 0.15) is 21.7 Å². The third kappa shape index (κ3) is 5.68. The molecule has 4 aromatic rings. The van der Waals surface area contributed by atoms with E-state index in [2.05, 4.69) is 75.5 Å². The molecule has 190 valence electrons. The minimum absolute atomic E-state index is 0.695. The van der Waals surface area contributed by atoms with Crippen LogP contribution >= 0.6 is 56.7 Å². The number of benzene rings is 1. The summed E-state index contributed by atoms with van der Waals surface area (Å²) in [5.41, 5.74) is 0. The van der Waals surface area contributed by atoms with E-state index in [1.807, 2.05) is 30.6 Å². The predicted molar refractivity (Wildman–Crippen MR) is 165 cm³/mol. The second-order valence-corrected chi connectivity index (χ2v) is 13.3. The molecule has 2 fully saturated rings. The average molecular weight is 582 g/mol. The molecule has 0 radical (unpaired) electrons. The minimum atomic E-state index is 0.695. The number of fused-ring (bicyclic) bond motifs is 1. The number of rotatable bonds is 7. The molecule has 0 amide bonds. The van der Waals surface area contributed by atoms with Gasteiger partial charge in [0.05, 0.1) is 0 Å². The summed E-state index contributed by atoms with van der Waals surface area (Å²) in [5, 5.41) is 4.25. The molecule has 5 nitrogen and oxygen atoms in total. The minimum Gasteiger partial charge on any atom is -0.356 e. The Kier molecular flexibility index (Phi) is 7.99. The van der Waals surface area contributed by atoms with Crippen LogP contribution in [0.3, 0.4) is 0 Å². The van der Waals surface area contributed by atoms with Gasteiger partial charge in [-0.1, -0.05) is 24.3 Å². The molecule has 0 saturated carbocycles. The highest BCUT2D eigenvalue weighted by atomic mass is 33.1. The highest BCUT2D eigenvalue weighted by Crippen LogP contribution is 2.40. The van der Waals surface area contributed by atoms with Crippen molar-refractivity contribution < 1.29 is 0 Å². The number of aromatic nitrogens is 3. The molecule has 2 saturated heterocycles. The van der Waals surface area contributed by atoms with Crippen LogP contribution < -0.4 is 9.80 Å². The number of anilines is 2. The number of nitrogens with zero attached hydrogens (tertiary/aromatic N) is 5. The summed E-state index contributed by atoms with van der Waals surface area (Å²) < 4.78 is 0. The Balaban J connectivity index is 1.05. The van der Waals surface area contributed by atoms with E-state index in [1.165, 1.54) is 29.0 Å². The van der Waals surface area contributed by atoms with Crippen molar-refractivity contribution in [3.05, 3.63) is 67.0 Å². The van der Waals surface area contributed by atoms with Crippen molar-refractivity contribution in [1.29, 1.82) is 0 Å². The summed E-state index contributed by atoms with van der Waals surface area (Å²) in [6.07, 6.45) is 6.30. The number of thiol groups is 2. The lowest BCUT2D eigenvalue weighted by atomic mass is 9.91. The van der Waals surface area contributed by atoms with E-state index in [0.29, 0.717) is 11.8 Å². The maximum atomic E-state index is 4.82. The van der Waals surface area contributed by atoms with Crippen molar-refractivity contribution in [3.63, 3.8) is 0 Å². The van der Waals surface area contributed by atoms with Gasteiger partial charge in [0.15, 0.2) is 0 Å². The standard InChI is InChI=1S/C27H27N5S5/c33-23-6-3-11-28-26(23)32-13-10-20(17-32)19-9-12-31(16-19)24-8-7-21(15-29-24)36-37-25-14-18-4-1-2-5-22(18)27(30-25)35-34/h1-8,11,14-15,19-20,33-34H,9-10,12-13,16-17H2. The lowest BCUT2D eigenvalue weighted by Gasteiger charge is -2.22. The van der Waals surface area contributed by atoms with Gasteiger partial charge in [-0.3, -0.25) is 0 Å². The van der Waals surface area contributed by atoms with E-state index in [0.717, 1.165) is 63.0 Å². The van der Waals surface area contributed by atoms with E-state index in [4.69, 9.17) is 9.97 Å². The molecule has 2 aliphatic rings. The van der Waals surface area contributed by atoms with Crippen LogP contribution in [0.25, 0.3) is 10.8 Å². The first kappa shape index (κ1) is 25.6. The van der Waals surface area contributed by atoms with Gasteiger partial charge in [-0.25, -0.2) is 15.0 Å². The smallest absolute Gasteiger partial charge is 0.141 e. The van der Waals surface area contributed by atoms with Gasteiger partial charge < -0.3 is 9.80 Å². The molecule has 0 bridgehead atoms. The van der Waals surface area contributed by atoms with E-state index < -0.39 is 0 Å². The highest BCUT2D eigenvalue weighted by molar-refractivity contribution is 8.76. The summed E-state index contributed by atoms with van der Waals surface area (Å²) in [6, 6.07) is 18.8. The Hall–Kier alpha value is -1.72. The van der Waals surface area contributed by atoms with Crippen molar-refractivity contribution in [1.82, 2.24) is 15.0 Å². The Bertz CT molecular complexity index is 1390. The van der Waals surface area contributed by atoms with Gasteiger partial charge in [0.2, 0.25) is 0 Å². The zero-order valence-electron chi connectivity index (χ0n) is 20.1. The van der Waals surface area contributed by atoms with Crippen LogP contribution in [0.4, 0.5) is 11.6 Å². The molecule has 0 spiro atoms. The fraction of sp³-hybridized carbons (Fsp3) is 0.296. The normalized spacial score (nSPS) is 19.7. The first-order valence-corrected chi connectivity index (χ1v) is 16.8. The van der Waals surface area contributed by atoms with Crippen LogP contribution in [0, 0.1) is 11.8 Å². The molecule has 6 rings (SSSR count). The van der Waals surface area contributed by atoms with Crippen molar-refractivity contribution >= 4 is 79.1 Å². The second kappa shape index (κ2) is 11.6. The van der Waals surface area contributed by atoms with Crippen LogP contribution in [-0.4, -0.2) is 41.1 Å². The fourth-order valence-corrected chi connectivity index (χ4v) is 8.32. The molecule has 2 unspecified atom stereocenters. The lowest BCUT2D eigenvalue weighted by molar-refractivity contribution is 0.392. The largest absolute Gasteiger partial charge is 0.356 e. The molecule has 2 atom stereocenters. The highest BCUT2D eigenvalue weighted by Gasteiger charge is 2.35. The van der Waals surface area contributed by atoms with Crippen molar-refractivity contribution in [3.8, 4) is 0 Å². The van der Waals surface area contributed by atoms with Gasteiger partial charge in [-0.15, -0.1) is 24.3 Å². The first-order valence-electron chi connectivity index (χ1n) is 12.3. The molecule has 5 heterocycles. The first-order chi connectivity index (χ1) is 18.2. The Morgan fingerprint density at radius 2 is 1.68 bits per heavy atom. The van der Waals surface area contributed by atoms with Crippen molar-refractivity contribution in [2.75, 3.05) is 36.0 Å². The zero-order valence-corrected chi connectivity index (χ0v) is 24.3. The van der Waals surface area contributed by atoms with Gasteiger partial charge in [-0.05, 0) is 92.8 Å². The Labute approximate surface area is 240 Å². The van der Waals surface area contributed by atoms with E-state index in [9.17, 15) is 0 Å². The lowest BCUT2D eigenvalue weighted by Crippen LogP contribution is -2.26. The number of hydrogen-bond acceptors (Lipinski definition) is 10. The molecule has 2 aliphatic heterocycles. The predicted octanol–water partition coefficient (Wildman–Crippen LogP) is 7.40. The maximum absolute atomic E-state index is 4.82. The van der Waals surface area contributed by atoms with Gasteiger partial charge >= 0.3 is 0 Å². The Morgan fingerprint density at radius 1 is 0.865 bits per heavy atom. The van der Waals surface area contributed by atoms with E-state index in [-0.39, 0.29) is 0 Å². The molecule has 3 aromatic heterocycles. The molecule has 37 heavy (non-hydrogen) atoms. The third-order valence-electron chi connectivity index (χ3n) is 7.22. The summed E-state index contributed by atoms with van der Waals surface area (Å²) >= 11 is 9.01. The van der Waals surface area contributed by atoms with Crippen molar-refractivity contribution in [2.24, 2.45) is 11.8 Å². The molecule has 0 N–H and O–H groups in total. The summed E-state index contributed by atoms with van der Waals surface area (Å²) in [7, 11) is 4.75. The topological polar surface area (TPSA) is 45.2 Å². The SMILES string of the molecule is SSc1nc(SSc2ccc(N3CCC(C4CCN(c5ncccc5S)C4)C3)nc2)cc2ccccc12.